The molecule has 4 N–H and O–H groups in total. The van der Waals surface area contributed by atoms with Crippen molar-refractivity contribution in [3.05, 3.63) is 53.5 Å². The van der Waals surface area contributed by atoms with E-state index >= 15 is 0 Å². The molecule has 6 nitrogen and oxygen atoms in total. The smallest absolute Gasteiger partial charge is 0.163 e. The second-order valence-corrected chi connectivity index (χ2v) is 7.24. The van der Waals surface area contributed by atoms with Gasteiger partial charge in [-0.25, -0.2) is 9.37 Å². The van der Waals surface area contributed by atoms with Crippen LogP contribution in [0, 0.1) is 5.82 Å². The fourth-order valence-electron chi connectivity index (χ4n) is 3.09. The van der Waals surface area contributed by atoms with Gasteiger partial charge < -0.3 is 16.4 Å². The van der Waals surface area contributed by atoms with Crippen molar-refractivity contribution >= 4 is 17.3 Å². The van der Waals surface area contributed by atoms with E-state index in [1.165, 1.54) is 6.07 Å². The van der Waals surface area contributed by atoms with Gasteiger partial charge in [-0.1, -0.05) is 38.5 Å². The normalized spacial score (nSPS) is 11.3. The van der Waals surface area contributed by atoms with Gasteiger partial charge in [-0.3, -0.25) is 0 Å². The number of unbranched alkanes of at least 4 members (excludes halogenated alkanes) is 2. The van der Waals surface area contributed by atoms with Crippen molar-refractivity contribution in [2.45, 2.75) is 45.6 Å². The molecule has 28 heavy (non-hydrogen) atoms. The molecular weight excluding hydrogens is 355 g/mol. The molecule has 3 rings (SSSR count). The van der Waals surface area contributed by atoms with Crippen molar-refractivity contribution in [1.29, 1.82) is 0 Å². The van der Waals surface area contributed by atoms with Crippen molar-refractivity contribution in [3.63, 3.8) is 0 Å². The maximum absolute atomic E-state index is 14.0. The topological polar surface area (TPSA) is 80.3 Å². The molecule has 0 bridgehead atoms. The van der Waals surface area contributed by atoms with E-state index in [0.717, 1.165) is 55.2 Å². The van der Waals surface area contributed by atoms with Crippen LogP contribution in [0.2, 0.25) is 0 Å². The number of nitrogens with two attached hydrogens (primary N) is 1. The monoisotopic (exact) mass is 384 g/mol. The lowest BCUT2D eigenvalue weighted by atomic mass is 10.1. The van der Waals surface area contributed by atoms with Crippen LogP contribution in [0.3, 0.4) is 0 Å². The molecule has 0 fully saturated rings. The van der Waals surface area contributed by atoms with Gasteiger partial charge in [-0.2, -0.15) is 9.61 Å². The summed E-state index contributed by atoms with van der Waals surface area (Å²) < 4.78 is 15.8. The Kier molecular flexibility index (Phi) is 6.81. The minimum absolute atomic E-state index is 0.220. The van der Waals surface area contributed by atoms with Crippen LogP contribution >= 0.6 is 0 Å². The lowest BCUT2D eigenvalue weighted by molar-refractivity contribution is 0.612. The van der Waals surface area contributed by atoms with E-state index in [9.17, 15) is 4.39 Å². The number of halogens is 1. The second kappa shape index (κ2) is 9.50. The molecule has 0 radical (unpaired) electrons. The van der Waals surface area contributed by atoms with E-state index in [4.69, 9.17) is 10.7 Å². The van der Waals surface area contributed by atoms with Gasteiger partial charge in [0.15, 0.2) is 5.65 Å². The highest BCUT2D eigenvalue weighted by molar-refractivity contribution is 5.61. The maximum atomic E-state index is 14.0. The zero-order valence-electron chi connectivity index (χ0n) is 16.6. The van der Waals surface area contributed by atoms with Gasteiger partial charge in [0.25, 0.3) is 0 Å². The standard InChI is InChI=1S/C21H29FN6/c1-15(2)17-14-26-28-20(25-13-16-8-4-5-9-18(16)22)12-19(27-21(17)28)24-11-7-3-6-10-23/h4-5,8-9,12,14-15,25H,3,6-7,10-11,13,23H2,1-2H3,(H,24,27). The first kappa shape index (κ1) is 20.1. The first-order valence-electron chi connectivity index (χ1n) is 9.90. The van der Waals surface area contributed by atoms with Crippen molar-refractivity contribution in [1.82, 2.24) is 14.6 Å². The van der Waals surface area contributed by atoms with Crippen molar-refractivity contribution in [3.8, 4) is 0 Å². The van der Waals surface area contributed by atoms with Crippen LogP contribution in [0.4, 0.5) is 16.0 Å². The number of hydrogen-bond donors (Lipinski definition) is 3. The van der Waals surface area contributed by atoms with E-state index in [1.54, 1.807) is 16.6 Å². The number of anilines is 2. The van der Waals surface area contributed by atoms with E-state index in [1.807, 2.05) is 18.3 Å². The summed E-state index contributed by atoms with van der Waals surface area (Å²) >= 11 is 0. The van der Waals surface area contributed by atoms with Crippen molar-refractivity contribution < 1.29 is 4.39 Å². The van der Waals surface area contributed by atoms with Gasteiger partial charge in [0, 0.05) is 30.3 Å². The van der Waals surface area contributed by atoms with Crippen LogP contribution in [0.25, 0.3) is 5.65 Å². The third-order valence-electron chi connectivity index (χ3n) is 4.73. The number of nitrogens with zero attached hydrogens (tertiary/aromatic N) is 3. The Morgan fingerprint density at radius 1 is 1.14 bits per heavy atom. The summed E-state index contributed by atoms with van der Waals surface area (Å²) in [6.45, 7) is 6.18. The molecule has 150 valence electrons. The second-order valence-electron chi connectivity index (χ2n) is 7.24. The zero-order chi connectivity index (χ0) is 19.9. The zero-order valence-corrected chi connectivity index (χ0v) is 16.6. The fourth-order valence-corrected chi connectivity index (χ4v) is 3.09. The minimum Gasteiger partial charge on any atom is -0.370 e. The lowest BCUT2D eigenvalue weighted by Crippen LogP contribution is -2.11. The van der Waals surface area contributed by atoms with Crippen LogP contribution in [0.15, 0.2) is 36.5 Å². The molecule has 7 heteroatoms. The van der Waals surface area contributed by atoms with Crippen LogP contribution in [-0.4, -0.2) is 27.7 Å². The molecule has 0 saturated heterocycles. The van der Waals surface area contributed by atoms with E-state index in [2.05, 4.69) is 29.6 Å². The largest absolute Gasteiger partial charge is 0.370 e. The Labute approximate surface area is 165 Å². The summed E-state index contributed by atoms with van der Waals surface area (Å²) in [5.74, 6) is 1.66. The van der Waals surface area contributed by atoms with Crippen molar-refractivity contribution in [2.24, 2.45) is 5.73 Å². The highest BCUT2D eigenvalue weighted by atomic mass is 19.1. The molecular formula is C21H29FN6. The van der Waals surface area contributed by atoms with Crippen LogP contribution < -0.4 is 16.4 Å². The Hall–Kier alpha value is -2.67. The SMILES string of the molecule is CC(C)c1cnn2c(NCc3ccccc3F)cc(NCCCCCN)nc12. The molecule has 2 heterocycles. The maximum Gasteiger partial charge on any atom is 0.163 e. The third kappa shape index (κ3) is 4.78. The summed E-state index contributed by atoms with van der Waals surface area (Å²) in [6.07, 6.45) is 5.02. The molecule has 0 amide bonds. The quantitative estimate of drug-likeness (QED) is 0.458. The summed E-state index contributed by atoms with van der Waals surface area (Å²) in [5, 5.41) is 11.2. The fraction of sp³-hybridized carbons (Fsp3) is 0.429. The number of benzene rings is 1. The van der Waals surface area contributed by atoms with E-state index in [0.29, 0.717) is 18.0 Å². The molecule has 2 aromatic heterocycles. The molecule has 0 aliphatic heterocycles. The molecule has 0 aliphatic rings. The average Bonchev–Trinajstić information content (AvgIpc) is 3.11. The van der Waals surface area contributed by atoms with Gasteiger partial charge in [0.1, 0.15) is 17.5 Å². The first-order valence-corrected chi connectivity index (χ1v) is 9.90. The average molecular weight is 385 g/mol. The molecule has 1 aromatic carbocycles. The predicted octanol–water partition coefficient (Wildman–Crippen LogP) is 4.14. The summed E-state index contributed by atoms with van der Waals surface area (Å²) in [7, 11) is 0. The molecule has 0 aliphatic carbocycles. The van der Waals surface area contributed by atoms with Gasteiger partial charge >= 0.3 is 0 Å². The summed E-state index contributed by atoms with van der Waals surface area (Å²) in [5.41, 5.74) is 8.06. The Morgan fingerprint density at radius 2 is 1.96 bits per heavy atom. The minimum atomic E-state index is -0.220. The van der Waals surface area contributed by atoms with E-state index in [-0.39, 0.29) is 5.82 Å². The molecule has 3 aromatic rings. The van der Waals surface area contributed by atoms with Crippen LogP contribution in [-0.2, 0) is 6.54 Å². The van der Waals surface area contributed by atoms with Crippen molar-refractivity contribution in [2.75, 3.05) is 23.7 Å². The number of nitrogens with one attached hydrogen (secondary N) is 2. The molecule has 0 spiro atoms. The summed E-state index contributed by atoms with van der Waals surface area (Å²) in [4.78, 5) is 4.76. The molecule has 0 saturated carbocycles. The summed E-state index contributed by atoms with van der Waals surface area (Å²) in [6, 6.07) is 8.70. The van der Waals surface area contributed by atoms with Crippen LogP contribution in [0.1, 0.15) is 50.2 Å². The van der Waals surface area contributed by atoms with Gasteiger partial charge in [0.2, 0.25) is 0 Å². The Balaban J connectivity index is 1.83. The lowest BCUT2D eigenvalue weighted by Gasteiger charge is -2.13. The Bertz CT molecular complexity index is 905. The number of hydrogen-bond acceptors (Lipinski definition) is 5. The highest BCUT2D eigenvalue weighted by Gasteiger charge is 2.14. The van der Waals surface area contributed by atoms with Crippen LogP contribution in [0.5, 0.6) is 0 Å². The van der Waals surface area contributed by atoms with Gasteiger partial charge in [0.05, 0.1) is 6.20 Å². The molecule has 0 unspecified atom stereocenters. The predicted molar refractivity (Wildman–Crippen MR) is 112 cm³/mol. The molecule has 0 atom stereocenters. The third-order valence-corrected chi connectivity index (χ3v) is 4.73. The highest BCUT2D eigenvalue weighted by Crippen LogP contribution is 2.24. The number of rotatable bonds is 10. The van der Waals surface area contributed by atoms with E-state index < -0.39 is 0 Å². The first-order chi connectivity index (χ1) is 13.6. The van der Waals surface area contributed by atoms with Gasteiger partial charge in [-0.05, 0) is 31.4 Å². The van der Waals surface area contributed by atoms with Gasteiger partial charge in [-0.15, -0.1) is 0 Å². The number of fused-ring (bicyclic) bond motifs is 1. The Morgan fingerprint density at radius 3 is 2.71 bits per heavy atom. The number of aromatic nitrogens is 3.